The van der Waals surface area contributed by atoms with Gasteiger partial charge < -0.3 is 4.40 Å². The number of benzene rings is 2. The molecule has 0 aliphatic rings. The van der Waals surface area contributed by atoms with Crippen molar-refractivity contribution < 1.29 is 0 Å². The monoisotopic (exact) mass is 297 g/mol. The van der Waals surface area contributed by atoms with Crippen LogP contribution < -0.4 is 5.43 Å². The Morgan fingerprint density at radius 2 is 1.61 bits per heavy atom. The molecule has 0 bridgehead atoms. The van der Waals surface area contributed by atoms with Gasteiger partial charge in [0.05, 0.1) is 15.5 Å². The Morgan fingerprint density at radius 3 is 2.50 bits per heavy atom. The maximum absolute atomic E-state index is 12.2. The van der Waals surface area contributed by atoms with Gasteiger partial charge in [-0.05, 0) is 28.1 Å². The van der Waals surface area contributed by atoms with Crippen molar-refractivity contribution in [2.24, 2.45) is 0 Å². The first-order chi connectivity index (χ1) is 8.77. The lowest BCUT2D eigenvalue weighted by Gasteiger charge is -2.01. The van der Waals surface area contributed by atoms with Crippen LogP contribution in [0.5, 0.6) is 0 Å². The van der Waals surface area contributed by atoms with E-state index in [1.54, 1.807) is 0 Å². The molecule has 2 aromatic carbocycles. The molecule has 86 valence electrons. The third-order valence-electron chi connectivity index (χ3n) is 3.43. The fraction of sp³-hybridized carbons (Fsp3) is 0. The van der Waals surface area contributed by atoms with E-state index in [0.717, 1.165) is 21.8 Å². The van der Waals surface area contributed by atoms with Gasteiger partial charge in [0.1, 0.15) is 0 Å². The predicted octanol–water partition coefficient (Wildman–Crippen LogP) is 3.81. The lowest BCUT2D eigenvalue weighted by atomic mass is 10.1. The van der Waals surface area contributed by atoms with Gasteiger partial charge in [-0.1, -0.05) is 30.3 Å². The van der Waals surface area contributed by atoms with Crippen LogP contribution >= 0.6 is 15.9 Å². The number of rotatable bonds is 0. The van der Waals surface area contributed by atoms with Crippen LogP contribution in [0.25, 0.3) is 27.2 Å². The Kier molecular flexibility index (Phi) is 1.87. The number of fused-ring (bicyclic) bond motifs is 3. The van der Waals surface area contributed by atoms with E-state index in [2.05, 4.69) is 38.5 Å². The number of hydrogen-bond donors (Lipinski definition) is 0. The Hall–Kier alpha value is -1.87. The molecule has 0 aliphatic carbocycles. The molecule has 0 aliphatic heterocycles. The second-order valence-corrected chi connectivity index (χ2v) is 5.25. The quantitative estimate of drug-likeness (QED) is 0.484. The number of nitrogens with zero attached hydrogens (tertiary/aromatic N) is 1. The Labute approximate surface area is 111 Å². The SMILES string of the molecule is O=c1c(Br)cn2c3ccccc3c3cccc1c32. The van der Waals surface area contributed by atoms with E-state index in [9.17, 15) is 4.79 Å². The lowest BCUT2D eigenvalue weighted by Crippen LogP contribution is -2.04. The van der Waals surface area contributed by atoms with Crippen LogP contribution in [0.4, 0.5) is 0 Å². The molecule has 0 amide bonds. The summed E-state index contributed by atoms with van der Waals surface area (Å²) in [7, 11) is 0. The van der Waals surface area contributed by atoms with E-state index in [1.807, 2.05) is 30.5 Å². The number of para-hydroxylation sites is 2. The van der Waals surface area contributed by atoms with E-state index < -0.39 is 0 Å². The van der Waals surface area contributed by atoms with Crippen LogP contribution in [-0.2, 0) is 0 Å². The molecule has 0 unspecified atom stereocenters. The molecule has 0 saturated carbocycles. The minimum Gasteiger partial charge on any atom is -0.314 e. The van der Waals surface area contributed by atoms with E-state index in [-0.39, 0.29) is 5.43 Å². The molecule has 2 heterocycles. The highest BCUT2D eigenvalue weighted by molar-refractivity contribution is 9.10. The summed E-state index contributed by atoms with van der Waals surface area (Å²) in [5, 5.41) is 3.08. The van der Waals surface area contributed by atoms with Crippen molar-refractivity contribution in [3.05, 3.63) is 63.4 Å². The van der Waals surface area contributed by atoms with Gasteiger partial charge >= 0.3 is 0 Å². The summed E-state index contributed by atoms with van der Waals surface area (Å²) in [4.78, 5) is 12.2. The maximum Gasteiger partial charge on any atom is 0.203 e. The van der Waals surface area contributed by atoms with Crippen LogP contribution in [0.2, 0.25) is 0 Å². The van der Waals surface area contributed by atoms with E-state index in [1.165, 1.54) is 5.39 Å². The lowest BCUT2D eigenvalue weighted by molar-refractivity contribution is 1.24. The fourth-order valence-electron chi connectivity index (χ4n) is 2.67. The molecule has 4 aromatic rings. The van der Waals surface area contributed by atoms with Gasteiger partial charge in [-0.2, -0.15) is 0 Å². The van der Waals surface area contributed by atoms with Crippen LogP contribution in [0, 0.1) is 0 Å². The highest BCUT2D eigenvalue weighted by atomic mass is 79.9. The summed E-state index contributed by atoms with van der Waals surface area (Å²) in [5.74, 6) is 0. The Balaban J connectivity index is 2.52. The van der Waals surface area contributed by atoms with Gasteiger partial charge in [0.25, 0.3) is 0 Å². The predicted molar refractivity (Wildman–Crippen MR) is 77.6 cm³/mol. The zero-order chi connectivity index (χ0) is 12.3. The molecule has 2 aromatic heterocycles. The first-order valence-corrected chi connectivity index (χ1v) is 6.50. The molecule has 4 rings (SSSR count). The molecule has 0 N–H and O–H groups in total. The van der Waals surface area contributed by atoms with Gasteiger partial charge in [0.2, 0.25) is 5.43 Å². The number of aromatic nitrogens is 1. The largest absolute Gasteiger partial charge is 0.314 e. The summed E-state index contributed by atoms with van der Waals surface area (Å²) in [5.41, 5.74) is 2.19. The van der Waals surface area contributed by atoms with Crippen molar-refractivity contribution in [2.75, 3.05) is 0 Å². The van der Waals surface area contributed by atoms with E-state index >= 15 is 0 Å². The zero-order valence-corrected chi connectivity index (χ0v) is 10.9. The second-order valence-electron chi connectivity index (χ2n) is 4.40. The number of halogens is 1. The maximum atomic E-state index is 12.2. The van der Waals surface area contributed by atoms with Gasteiger partial charge in [0, 0.05) is 22.4 Å². The molecule has 0 atom stereocenters. The minimum absolute atomic E-state index is 0.0518. The summed E-state index contributed by atoms with van der Waals surface area (Å²) in [6, 6.07) is 14.1. The first-order valence-electron chi connectivity index (χ1n) is 5.71. The van der Waals surface area contributed by atoms with Crippen molar-refractivity contribution in [1.82, 2.24) is 4.40 Å². The van der Waals surface area contributed by atoms with E-state index in [0.29, 0.717) is 4.47 Å². The van der Waals surface area contributed by atoms with Gasteiger partial charge in [-0.3, -0.25) is 4.79 Å². The molecule has 0 saturated heterocycles. The molecule has 0 radical (unpaired) electrons. The first kappa shape index (κ1) is 10.1. The summed E-state index contributed by atoms with van der Waals surface area (Å²) >= 11 is 3.35. The normalized spacial score (nSPS) is 11.8. The van der Waals surface area contributed by atoms with Crippen LogP contribution in [0.1, 0.15) is 0 Å². The van der Waals surface area contributed by atoms with Crippen LogP contribution in [-0.4, -0.2) is 4.40 Å². The van der Waals surface area contributed by atoms with Crippen LogP contribution in [0.3, 0.4) is 0 Å². The molecule has 0 spiro atoms. The molecule has 18 heavy (non-hydrogen) atoms. The molecular weight excluding hydrogens is 290 g/mol. The second kappa shape index (κ2) is 3.33. The molecule has 3 heteroatoms. The third-order valence-corrected chi connectivity index (χ3v) is 4.00. The average molecular weight is 298 g/mol. The third kappa shape index (κ3) is 1.10. The van der Waals surface area contributed by atoms with Gasteiger partial charge in [0.15, 0.2) is 0 Å². The van der Waals surface area contributed by atoms with E-state index in [4.69, 9.17) is 0 Å². The average Bonchev–Trinajstić information content (AvgIpc) is 2.72. The number of hydrogen-bond acceptors (Lipinski definition) is 1. The van der Waals surface area contributed by atoms with Crippen molar-refractivity contribution in [3.63, 3.8) is 0 Å². The zero-order valence-electron chi connectivity index (χ0n) is 9.35. The van der Waals surface area contributed by atoms with Crippen molar-refractivity contribution in [3.8, 4) is 0 Å². The minimum atomic E-state index is 0.0518. The van der Waals surface area contributed by atoms with Crippen molar-refractivity contribution in [1.29, 1.82) is 0 Å². The van der Waals surface area contributed by atoms with Gasteiger partial charge in [-0.25, -0.2) is 0 Å². The van der Waals surface area contributed by atoms with Crippen LogP contribution in [0.15, 0.2) is 57.9 Å². The summed E-state index contributed by atoms with van der Waals surface area (Å²) in [6.07, 6.45) is 1.86. The fourth-order valence-corrected chi connectivity index (χ4v) is 3.09. The standard InChI is InChI=1S/C15H8BrNO/c16-12-8-17-13-7-2-1-4-9(13)10-5-3-6-11(14(10)17)15(12)18/h1-8H. The topological polar surface area (TPSA) is 21.5 Å². The highest BCUT2D eigenvalue weighted by Gasteiger charge is 2.13. The summed E-state index contributed by atoms with van der Waals surface area (Å²) in [6.45, 7) is 0. The summed E-state index contributed by atoms with van der Waals surface area (Å²) < 4.78 is 2.69. The molecule has 2 nitrogen and oxygen atoms in total. The highest BCUT2D eigenvalue weighted by Crippen LogP contribution is 2.31. The Bertz CT molecular complexity index is 955. The number of pyridine rings is 1. The Morgan fingerprint density at radius 1 is 0.889 bits per heavy atom. The smallest absolute Gasteiger partial charge is 0.203 e. The van der Waals surface area contributed by atoms with Crippen molar-refractivity contribution in [2.45, 2.75) is 0 Å². The molecule has 0 fully saturated rings. The molecular formula is C15H8BrNO. The van der Waals surface area contributed by atoms with Gasteiger partial charge in [-0.15, -0.1) is 0 Å². The van der Waals surface area contributed by atoms with Crippen molar-refractivity contribution >= 4 is 43.1 Å².